The van der Waals surface area contributed by atoms with Crippen molar-refractivity contribution in [3.63, 3.8) is 0 Å². The average Bonchev–Trinajstić information content (AvgIpc) is 3.08. The van der Waals surface area contributed by atoms with E-state index >= 15 is 0 Å². The third-order valence-corrected chi connectivity index (χ3v) is 4.71. The fraction of sp³-hybridized carbons (Fsp3) is 0.450. The molecule has 1 N–H and O–H groups in total. The van der Waals surface area contributed by atoms with E-state index < -0.39 is 0 Å². The number of furan rings is 1. The molecule has 1 aliphatic heterocycles. The zero-order valence-electron chi connectivity index (χ0n) is 15.0. The van der Waals surface area contributed by atoms with Crippen LogP contribution < -0.4 is 5.32 Å². The highest BCUT2D eigenvalue weighted by atomic mass is 16.5. The fourth-order valence-corrected chi connectivity index (χ4v) is 3.23. The van der Waals surface area contributed by atoms with Gasteiger partial charge in [-0.3, -0.25) is 9.69 Å². The van der Waals surface area contributed by atoms with Crippen molar-refractivity contribution in [3.05, 3.63) is 53.5 Å². The Hall–Kier alpha value is -2.11. The summed E-state index contributed by atoms with van der Waals surface area (Å²) >= 11 is 0. The van der Waals surface area contributed by atoms with Gasteiger partial charge in [-0.15, -0.1) is 0 Å². The SMILES string of the molecule is COCc1ccc(C(=O)Nc2ccc(CN3CCCC[C@H]3C)cc2)o1. The van der Waals surface area contributed by atoms with Gasteiger partial charge in [-0.2, -0.15) is 0 Å². The number of ether oxygens (including phenoxy) is 1. The van der Waals surface area contributed by atoms with Crippen LogP contribution in [0.3, 0.4) is 0 Å². The molecule has 1 aliphatic rings. The largest absolute Gasteiger partial charge is 0.453 e. The Morgan fingerprint density at radius 3 is 2.76 bits per heavy atom. The van der Waals surface area contributed by atoms with Gasteiger partial charge in [0, 0.05) is 25.4 Å². The summed E-state index contributed by atoms with van der Waals surface area (Å²) in [7, 11) is 1.59. The number of amides is 1. The Bertz CT molecular complexity index is 693. The van der Waals surface area contributed by atoms with Crippen molar-refractivity contribution in [2.24, 2.45) is 0 Å². The van der Waals surface area contributed by atoms with Crippen LogP contribution in [-0.4, -0.2) is 30.5 Å². The Morgan fingerprint density at radius 2 is 2.04 bits per heavy atom. The van der Waals surface area contributed by atoms with Gasteiger partial charge in [-0.1, -0.05) is 18.6 Å². The lowest BCUT2D eigenvalue weighted by atomic mass is 10.0. The monoisotopic (exact) mass is 342 g/mol. The van der Waals surface area contributed by atoms with E-state index in [1.807, 2.05) is 12.1 Å². The Kier molecular flexibility index (Phi) is 5.89. The molecule has 0 radical (unpaired) electrons. The summed E-state index contributed by atoms with van der Waals surface area (Å²) in [5, 5.41) is 2.87. The van der Waals surface area contributed by atoms with Crippen LogP contribution in [0.1, 0.15) is 48.1 Å². The van der Waals surface area contributed by atoms with Gasteiger partial charge in [0.25, 0.3) is 5.91 Å². The van der Waals surface area contributed by atoms with Gasteiger partial charge in [0.15, 0.2) is 5.76 Å². The molecule has 2 heterocycles. The third kappa shape index (κ3) is 4.71. The van der Waals surface area contributed by atoms with Gasteiger partial charge in [-0.25, -0.2) is 0 Å². The lowest BCUT2D eigenvalue weighted by Gasteiger charge is -2.33. The maximum atomic E-state index is 12.2. The first kappa shape index (κ1) is 17.7. The van der Waals surface area contributed by atoms with Crippen molar-refractivity contribution < 1.29 is 13.9 Å². The summed E-state index contributed by atoms with van der Waals surface area (Å²) in [6, 6.07) is 12.1. The molecule has 0 saturated carbocycles. The molecule has 25 heavy (non-hydrogen) atoms. The zero-order valence-corrected chi connectivity index (χ0v) is 15.0. The summed E-state index contributed by atoms with van der Waals surface area (Å²) in [5.41, 5.74) is 2.04. The molecule has 5 nitrogen and oxygen atoms in total. The molecule has 0 spiro atoms. The van der Waals surface area contributed by atoms with E-state index in [-0.39, 0.29) is 5.91 Å². The highest BCUT2D eigenvalue weighted by Crippen LogP contribution is 2.20. The molecule has 1 aromatic heterocycles. The number of hydrogen-bond donors (Lipinski definition) is 1. The third-order valence-electron chi connectivity index (χ3n) is 4.71. The minimum Gasteiger partial charge on any atom is -0.453 e. The van der Waals surface area contributed by atoms with E-state index in [0.29, 0.717) is 24.2 Å². The zero-order chi connectivity index (χ0) is 17.6. The van der Waals surface area contributed by atoms with Gasteiger partial charge in [-0.05, 0) is 56.1 Å². The molecule has 1 aromatic carbocycles. The van der Waals surface area contributed by atoms with Crippen LogP contribution in [-0.2, 0) is 17.9 Å². The molecule has 2 aromatic rings. The summed E-state index contributed by atoms with van der Waals surface area (Å²) in [6.07, 6.45) is 3.90. The van der Waals surface area contributed by atoms with E-state index in [9.17, 15) is 4.79 Å². The standard InChI is InChI=1S/C20H26N2O3/c1-15-5-3-4-12-22(15)13-16-6-8-17(9-7-16)21-20(23)19-11-10-18(25-19)14-24-2/h6-11,15H,3-5,12-14H2,1-2H3,(H,21,23)/t15-/m1/s1. The molecule has 1 amide bonds. The Morgan fingerprint density at radius 1 is 1.24 bits per heavy atom. The van der Waals surface area contributed by atoms with E-state index in [1.54, 1.807) is 19.2 Å². The van der Waals surface area contributed by atoms with Crippen LogP contribution in [0.2, 0.25) is 0 Å². The Balaban J connectivity index is 1.57. The minimum atomic E-state index is -0.250. The molecule has 134 valence electrons. The molecule has 5 heteroatoms. The summed E-state index contributed by atoms with van der Waals surface area (Å²) in [5.74, 6) is 0.677. The quantitative estimate of drug-likeness (QED) is 0.860. The van der Waals surface area contributed by atoms with Crippen molar-refractivity contribution in [2.75, 3.05) is 19.0 Å². The van der Waals surface area contributed by atoms with Gasteiger partial charge < -0.3 is 14.5 Å². The number of piperidine rings is 1. The summed E-state index contributed by atoms with van der Waals surface area (Å²) < 4.78 is 10.4. The van der Waals surface area contributed by atoms with Crippen LogP contribution in [0.5, 0.6) is 0 Å². The second-order valence-electron chi connectivity index (χ2n) is 6.67. The van der Waals surface area contributed by atoms with Crippen molar-refractivity contribution >= 4 is 11.6 Å². The second kappa shape index (κ2) is 8.32. The minimum absolute atomic E-state index is 0.250. The number of methoxy groups -OCH3 is 1. The topological polar surface area (TPSA) is 54.7 Å². The summed E-state index contributed by atoms with van der Waals surface area (Å²) in [4.78, 5) is 14.7. The first-order valence-electron chi connectivity index (χ1n) is 8.87. The highest BCUT2D eigenvalue weighted by molar-refractivity contribution is 6.02. The number of likely N-dealkylation sites (tertiary alicyclic amines) is 1. The van der Waals surface area contributed by atoms with Gasteiger partial charge in [0.2, 0.25) is 0 Å². The molecule has 1 atom stereocenters. The first-order valence-corrected chi connectivity index (χ1v) is 8.87. The number of carbonyl (C=O) groups is 1. The molecule has 0 unspecified atom stereocenters. The number of carbonyl (C=O) groups excluding carboxylic acids is 1. The number of nitrogens with zero attached hydrogens (tertiary/aromatic N) is 1. The van der Waals surface area contributed by atoms with Crippen LogP contribution in [0.25, 0.3) is 0 Å². The van der Waals surface area contributed by atoms with Gasteiger partial charge in [0.05, 0.1) is 0 Å². The second-order valence-corrected chi connectivity index (χ2v) is 6.67. The lowest BCUT2D eigenvalue weighted by Crippen LogP contribution is -2.36. The maximum absolute atomic E-state index is 12.2. The van der Waals surface area contributed by atoms with Crippen LogP contribution in [0, 0.1) is 0 Å². The van der Waals surface area contributed by atoms with E-state index in [1.165, 1.54) is 31.4 Å². The predicted molar refractivity (Wildman–Crippen MR) is 97.5 cm³/mol. The van der Waals surface area contributed by atoms with Gasteiger partial charge >= 0.3 is 0 Å². The normalized spacial score (nSPS) is 18.2. The molecule has 0 bridgehead atoms. The first-order chi connectivity index (χ1) is 12.2. The van der Waals surface area contributed by atoms with Crippen molar-refractivity contribution in [1.82, 2.24) is 4.90 Å². The van der Waals surface area contributed by atoms with Gasteiger partial charge in [0.1, 0.15) is 12.4 Å². The van der Waals surface area contributed by atoms with Crippen LogP contribution in [0.15, 0.2) is 40.8 Å². The van der Waals surface area contributed by atoms with Crippen LogP contribution in [0.4, 0.5) is 5.69 Å². The lowest BCUT2D eigenvalue weighted by molar-refractivity contribution is 0.0987. The highest BCUT2D eigenvalue weighted by Gasteiger charge is 2.18. The smallest absolute Gasteiger partial charge is 0.291 e. The Labute approximate surface area is 149 Å². The number of anilines is 1. The maximum Gasteiger partial charge on any atom is 0.291 e. The van der Waals surface area contributed by atoms with E-state index in [4.69, 9.17) is 9.15 Å². The van der Waals surface area contributed by atoms with Crippen molar-refractivity contribution in [3.8, 4) is 0 Å². The molecule has 1 saturated heterocycles. The molecular weight excluding hydrogens is 316 g/mol. The van der Waals surface area contributed by atoms with E-state index in [2.05, 4.69) is 29.3 Å². The number of hydrogen-bond acceptors (Lipinski definition) is 4. The molecular formula is C20H26N2O3. The number of nitrogens with one attached hydrogen (secondary N) is 1. The van der Waals surface area contributed by atoms with Crippen LogP contribution >= 0.6 is 0 Å². The number of rotatable bonds is 6. The number of benzene rings is 1. The van der Waals surface area contributed by atoms with Crippen molar-refractivity contribution in [1.29, 1.82) is 0 Å². The molecule has 0 aliphatic carbocycles. The molecule has 3 rings (SSSR count). The van der Waals surface area contributed by atoms with Crippen molar-refractivity contribution in [2.45, 2.75) is 45.4 Å². The molecule has 1 fully saturated rings. The van der Waals surface area contributed by atoms with E-state index in [0.717, 1.165) is 12.2 Å². The average molecular weight is 342 g/mol. The fourth-order valence-electron chi connectivity index (χ4n) is 3.23. The summed E-state index contributed by atoms with van der Waals surface area (Å²) in [6.45, 7) is 4.79. The predicted octanol–water partition coefficient (Wildman–Crippen LogP) is 4.05.